The lowest BCUT2D eigenvalue weighted by Crippen LogP contribution is -2.00. The molecule has 1 aromatic rings. The Hall–Kier alpha value is -1.38. The van der Waals surface area contributed by atoms with Gasteiger partial charge in [0.15, 0.2) is 0 Å². The second-order valence-corrected chi connectivity index (χ2v) is 3.04. The molecule has 2 rings (SSSR count). The predicted molar refractivity (Wildman–Crippen MR) is 44.5 cm³/mol. The summed E-state index contributed by atoms with van der Waals surface area (Å²) in [5, 5.41) is 0. The number of hydrogen-bond donors (Lipinski definition) is 0. The number of esters is 1. The molecule has 1 fully saturated rings. The minimum Gasteiger partial charge on any atom is -0.457 e. The van der Waals surface area contributed by atoms with Gasteiger partial charge in [0.1, 0.15) is 11.9 Å². The first-order valence-corrected chi connectivity index (χ1v) is 4.21. The summed E-state index contributed by atoms with van der Waals surface area (Å²) >= 11 is 0. The highest BCUT2D eigenvalue weighted by molar-refractivity contribution is 5.71. The van der Waals surface area contributed by atoms with Crippen LogP contribution in [0.25, 0.3) is 0 Å². The molecule has 0 aliphatic carbocycles. The Bertz CT molecular complexity index is 335. The molecule has 13 heavy (non-hydrogen) atoms. The molecule has 0 radical (unpaired) electrons. The van der Waals surface area contributed by atoms with Gasteiger partial charge in [0.25, 0.3) is 0 Å². The van der Waals surface area contributed by atoms with Crippen LogP contribution in [0, 0.1) is 5.82 Å². The molecule has 68 valence electrons. The molecular weight excluding hydrogens is 171 g/mol. The standard InChI is InChI=1S/C10H9FO2/c11-8-4-2-1-3-7(8)9-5-6-10(12)13-9/h1-4,9H,5-6H2/t9-/m0/s1. The quantitative estimate of drug-likeness (QED) is 0.619. The van der Waals surface area contributed by atoms with E-state index >= 15 is 0 Å². The van der Waals surface area contributed by atoms with Gasteiger partial charge in [-0.2, -0.15) is 0 Å². The van der Waals surface area contributed by atoms with Crippen LogP contribution in [0.1, 0.15) is 24.5 Å². The number of rotatable bonds is 1. The van der Waals surface area contributed by atoms with Crippen molar-refractivity contribution in [2.24, 2.45) is 0 Å². The SMILES string of the molecule is O=C1CC[C@@H](c2ccccc2F)O1. The molecule has 2 nitrogen and oxygen atoms in total. The van der Waals surface area contributed by atoms with Crippen molar-refractivity contribution in [1.82, 2.24) is 0 Å². The van der Waals surface area contributed by atoms with Crippen molar-refractivity contribution in [3.05, 3.63) is 35.6 Å². The van der Waals surface area contributed by atoms with Gasteiger partial charge in [-0.15, -0.1) is 0 Å². The second-order valence-electron chi connectivity index (χ2n) is 3.04. The fourth-order valence-electron chi connectivity index (χ4n) is 1.48. The summed E-state index contributed by atoms with van der Waals surface area (Å²) in [5.74, 6) is -0.546. The van der Waals surface area contributed by atoms with E-state index in [9.17, 15) is 9.18 Å². The average Bonchev–Trinajstić information content (AvgIpc) is 2.53. The van der Waals surface area contributed by atoms with E-state index in [4.69, 9.17) is 4.74 Å². The van der Waals surface area contributed by atoms with Crippen LogP contribution >= 0.6 is 0 Å². The molecule has 1 aliphatic rings. The van der Waals surface area contributed by atoms with Crippen LogP contribution in [0.15, 0.2) is 24.3 Å². The number of halogens is 1. The van der Waals surface area contributed by atoms with Crippen molar-refractivity contribution in [1.29, 1.82) is 0 Å². The fraction of sp³-hybridized carbons (Fsp3) is 0.300. The zero-order valence-electron chi connectivity index (χ0n) is 7.00. The highest BCUT2D eigenvalue weighted by Gasteiger charge is 2.26. The Morgan fingerprint density at radius 3 is 2.77 bits per heavy atom. The molecule has 1 aromatic carbocycles. The van der Waals surface area contributed by atoms with Gasteiger partial charge in [-0.3, -0.25) is 4.79 Å². The summed E-state index contributed by atoms with van der Waals surface area (Å²) in [4.78, 5) is 10.8. The summed E-state index contributed by atoms with van der Waals surface area (Å²) in [6, 6.07) is 6.39. The zero-order valence-corrected chi connectivity index (χ0v) is 7.00. The van der Waals surface area contributed by atoms with E-state index in [-0.39, 0.29) is 17.9 Å². The normalized spacial score (nSPS) is 21.6. The van der Waals surface area contributed by atoms with Crippen LogP contribution in [-0.4, -0.2) is 5.97 Å². The summed E-state index contributed by atoms with van der Waals surface area (Å²) < 4.78 is 18.1. The first-order valence-electron chi connectivity index (χ1n) is 4.21. The van der Waals surface area contributed by atoms with Crippen LogP contribution < -0.4 is 0 Å². The number of carbonyl (C=O) groups excluding carboxylic acids is 1. The van der Waals surface area contributed by atoms with Gasteiger partial charge < -0.3 is 4.74 Å². The van der Waals surface area contributed by atoms with Crippen molar-refractivity contribution in [3.63, 3.8) is 0 Å². The minimum atomic E-state index is -0.381. The molecule has 0 saturated carbocycles. The smallest absolute Gasteiger partial charge is 0.306 e. The summed E-state index contributed by atoms with van der Waals surface area (Å²) in [6.07, 6.45) is 0.590. The molecule has 0 bridgehead atoms. The number of cyclic esters (lactones) is 1. The maximum atomic E-state index is 13.2. The van der Waals surface area contributed by atoms with Crippen LogP contribution in [-0.2, 0) is 9.53 Å². The van der Waals surface area contributed by atoms with Crippen molar-refractivity contribution in [2.75, 3.05) is 0 Å². The number of ether oxygens (including phenoxy) is 1. The lowest BCUT2D eigenvalue weighted by Gasteiger charge is -2.09. The van der Waals surface area contributed by atoms with Crippen molar-refractivity contribution >= 4 is 5.97 Å². The topological polar surface area (TPSA) is 26.3 Å². The monoisotopic (exact) mass is 180 g/mol. The molecule has 0 amide bonds. The van der Waals surface area contributed by atoms with E-state index in [1.165, 1.54) is 6.07 Å². The molecule has 0 N–H and O–H groups in total. The summed E-state index contributed by atoms with van der Waals surface area (Å²) in [6.45, 7) is 0. The van der Waals surface area contributed by atoms with E-state index in [2.05, 4.69) is 0 Å². The molecule has 0 spiro atoms. The van der Waals surface area contributed by atoms with Crippen LogP contribution in [0.2, 0.25) is 0 Å². The second kappa shape index (κ2) is 3.17. The van der Waals surface area contributed by atoms with Crippen LogP contribution in [0.3, 0.4) is 0 Å². The van der Waals surface area contributed by atoms with Gasteiger partial charge in [0, 0.05) is 12.0 Å². The Balaban J connectivity index is 2.26. The number of benzene rings is 1. The summed E-state index contributed by atoms with van der Waals surface area (Å²) in [7, 11) is 0. The Morgan fingerprint density at radius 1 is 1.38 bits per heavy atom. The molecule has 1 aliphatic heterocycles. The van der Waals surface area contributed by atoms with Gasteiger partial charge in [-0.1, -0.05) is 18.2 Å². The molecule has 3 heteroatoms. The van der Waals surface area contributed by atoms with Gasteiger partial charge in [0.2, 0.25) is 0 Å². The Morgan fingerprint density at radius 2 is 2.15 bits per heavy atom. The highest BCUT2D eigenvalue weighted by Crippen LogP contribution is 2.30. The van der Waals surface area contributed by atoms with Crippen molar-refractivity contribution < 1.29 is 13.9 Å². The lowest BCUT2D eigenvalue weighted by atomic mass is 10.1. The van der Waals surface area contributed by atoms with E-state index in [0.717, 1.165) is 0 Å². The molecule has 1 saturated heterocycles. The Kier molecular flexibility index (Phi) is 2.00. The van der Waals surface area contributed by atoms with E-state index in [1.807, 2.05) is 0 Å². The largest absolute Gasteiger partial charge is 0.457 e. The number of hydrogen-bond acceptors (Lipinski definition) is 2. The minimum absolute atomic E-state index is 0.242. The predicted octanol–water partition coefficient (Wildman–Crippen LogP) is 2.20. The maximum absolute atomic E-state index is 13.2. The summed E-state index contributed by atoms with van der Waals surface area (Å²) in [5.41, 5.74) is 0.480. The van der Waals surface area contributed by atoms with E-state index < -0.39 is 0 Å². The maximum Gasteiger partial charge on any atom is 0.306 e. The van der Waals surface area contributed by atoms with E-state index in [1.54, 1.807) is 18.2 Å². The third-order valence-corrected chi connectivity index (χ3v) is 2.14. The van der Waals surface area contributed by atoms with Crippen LogP contribution in [0.4, 0.5) is 4.39 Å². The fourth-order valence-corrected chi connectivity index (χ4v) is 1.48. The van der Waals surface area contributed by atoms with Gasteiger partial charge >= 0.3 is 5.97 Å². The van der Waals surface area contributed by atoms with Crippen LogP contribution in [0.5, 0.6) is 0 Å². The third kappa shape index (κ3) is 1.54. The van der Waals surface area contributed by atoms with Gasteiger partial charge in [0.05, 0.1) is 0 Å². The third-order valence-electron chi connectivity index (χ3n) is 2.14. The Labute approximate surface area is 75.3 Å². The molecule has 0 aromatic heterocycles. The molecule has 1 atom stereocenters. The van der Waals surface area contributed by atoms with Crippen molar-refractivity contribution in [2.45, 2.75) is 18.9 Å². The molecular formula is C10H9FO2. The molecule has 0 unspecified atom stereocenters. The zero-order chi connectivity index (χ0) is 9.26. The number of carbonyl (C=O) groups is 1. The first kappa shape index (κ1) is 8.23. The lowest BCUT2D eigenvalue weighted by molar-refractivity contribution is -0.141. The van der Waals surface area contributed by atoms with Gasteiger partial charge in [-0.05, 0) is 12.5 Å². The molecule has 1 heterocycles. The average molecular weight is 180 g/mol. The highest BCUT2D eigenvalue weighted by atomic mass is 19.1. The van der Waals surface area contributed by atoms with E-state index in [0.29, 0.717) is 18.4 Å². The first-order chi connectivity index (χ1) is 6.27. The van der Waals surface area contributed by atoms with Crippen molar-refractivity contribution in [3.8, 4) is 0 Å². The van der Waals surface area contributed by atoms with Gasteiger partial charge in [-0.25, -0.2) is 4.39 Å².